The fourth-order valence-electron chi connectivity index (χ4n) is 3.10. The number of carbonyl (C=O) groups excluding carboxylic acids is 2. The van der Waals surface area contributed by atoms with Crippen LogP contribution < -0.4 is 9.64 Å². The van der Waals surface area contributed by atoms with Gasteiger partial charge in [0.05, 0.1) is 12.2 Å². The maximum Gasteiger partial charge on any atom is 0.338 e. The standard InChI is InChI=1S/C23H28N2O4/c1-18(2)16-28-21-10-8-19(9-11-21)23(27)29-17-22(26)25-14-12-24(13-15-25)20-6-4-3-5-7-20/h3-11,18H,12-17H2,1-2H3. The molecule has 1 fully saturated rings. The number of piperazine rings is 1. The molecule has 6 heteroatoms. The molecule has 0 bridgehead atoms. The highest BCUT2D eigenvalue weighted by Crippen LogP contribution is 2.16. The summed E-state index contributed by atoms with van der Waals surface area (Å²) in [6.07, 6.45) is 0. The van der Waals surface area contributed by atoms with Gasteiger partial charge in [-0.15, -0.1) is 0 Å². The molecule has 0 saturated carbocycles. The maximum atomic E-state index is 12.4. The number of esters is 1. The zero-order valence-corrected chi connectivity index (χ0v) is 17.0. The largest absolute Gasteiger partial charge is 0.493 e. The van der Waals surface area contributed by atoms with Crippen LogP contribution in [0.1, 0.15) is 24.2 Å². The first-order chi connectivity index (χ1) is 14.0. The minimum atomic E-state index is -0.503. The highest BCUT2D eigenvalue weighted by molar-refractivity contribution is 5.91. The van der Waals surface area contributed by atoms with Gasteiger partial charge in [0.25, 0.3) is 5.91 Å². The van der Waals surface area contributed by atoms with Crippen molar-refractivity contribution in [3.05, 3.63) is 60.2 Å². The second-order valence-electron chi connectivity index (χ2n) is 7.51. The van der Waals surface area contributed by atoms with Gasteiger partial charge in [-0.2, -0.15) is 0 Å². The summed E-state index contributed by atoms with van der Waals surface area (Å²) < 4.78 is 10.8. The van der Waals surface area contributed by atoms with Crippen LogP contribution in [0.25, 0.3) is 0 Å². The molecule has 1 aliphatic rings. The molecular weight excluding hydrogens is 368 g/mol. The van der Waals surface area contributed by atoms with Crippen LogP contribution in [0.4, 0.5) is 5.69 Å². The SMILES string of the molecule is CC(C)COc1ccc(C(=O)OCC(=O)N2CCN(c3ccccc3)CC2)cc1. The highest BCUT2D eigenvalue weighted by atomic mass is 16.5. The number of hydrogen-bond donors (Lipinski definition) is 0. The zero-order valence-electron chi connectivity index (χ0n) is 17.0. The van der Waals surface area contributed by atoms with Crippen LogP contribution in [-0.4, -0.2) is 56.2 Å². The van der Waals surface area contributed by atoms with E-state index >= 15 is 0 Å². The van der Waals surface area contributed by atoms with Gasteiger partial charge in [0.2, 0.25) is 0 Å². The van der Waals surface area contributed by atoms with Crippen LogP contribution in [0, 0.1) is 5.92 Å². The van der Waals surface area contributed by atoms with Gasteiger partial charge in [0, 0.05) is 31.9 Å². The minimum Gasteiger partial charge on any atom is -0.493 e. The average molecular weight is 396 g/mol. The first kappa shape index (κ1) is 20.7. The van der Waals surface area contributed by atoms with Gasteiger partial charge in [0.15, 0.2) is 6.61 Å². The van der Waals surface area contributed by atoms with Gasteiger partial charge in [-0.3, -0.25) is 4.79 Å². The van der Waals surface area contributed by atoms with Gasteiger partial charge in [-0.1, -0.05) is 32.0 Å². The molecule has 0 aromatic heterocycles. The number of rotatable bonds is 7. The van der Waals surface area contributed by atoms with E-state index in [0.717, 1.165) is 18.8 Å². The van der Waals surface area contributed by atoms with Crippen molar-refractivity contribution in [2.24, 2.45) is 5.92 Å². The van der Waals surface area contributed by atoms with Gasteiger partial charge in [-0.25, -0.2) is 4.79 Å². The van der Waals surface area contributed by atoms with Crippen LogP contribution >= 0.6 is 0 Å². The Hall–Kier alpha value is -3.02. The minimum absolute atomic E-state index is 0.164. The molecule has 0 atom stereocenters. The fourth-order valence-corrected chi connectivity index (χ4v) is 3.10. The summed E-state index contributed by atoms with van der Waals surface area (Å²) in [5, 5.41) is 0. The smallest absolute Gasteiger partial charge is 0.338 e. The number of nitrogens with zero attached hydrogens (tertiary/aromatic N) is 2. The molecule has 2 aromatic rings. The van der Waals surface area contributed by atoms with Crippen molar-refractivity contribution >= 4 is 17.6 Å². The molecule has 1 heterocycles. The molecule has 1 amide bonds. The second kappa shape index (κ2) is 9.96. The molecular formula is C23H28N2O4. The Labute approximate surface area is 172 Å². The van der Waals surface area contributed by atoms with Crippen molar-refractivity contribution in [3.63, 3.8) is 0 Å². The van der Waals surface area contributed by atoms with E-state index < -0.39 is 5.97 Å². The average Bonchev–Trinajstić information content (AvgIpc) is 2.77. The Morgan fingerprint density at radius 1 is 0.931 bits per heavy atom. The number of ether oxygens (including phenoxy) is 2. The van der Waals surface area contributed by atoms with Crippen molar-refractivity contribution in [2.45, 2.75) is 13.8 Å². The first-order valence-corrected chi connectivity index (χ1v) is 10.0. The molecule has 0 radical (unpaired) electrons. The van der Waals surface area contributed by atoms with Crippen molar-refractivity contribution in [3.8, 4) is 5.75 Å². The lowest BCUT2D eigenvalue weighted by molar-refractivity contribution is -0.134. The van der Waals surface area contributed by atoms with Crippen molar-refractivity contribution in [2.75, 3.05) is 44.3 Å². The summed E-state index contributed by atoms with van der Waals surface area (Å²) in [5.41, 5.74) is 1.57. The molecule has 6 nitrogen and oxygen atoms in total. The summed E-state index contributed by atoms with van der Waals surface area (Å²) in [6.45, 7) is 7.30. The highest BCUT2D eigenvalue weighted by Gasteiger charge is 2.22. The number of hydrogen-bond acceptors (Lipinski definition) is 5. The van der Waals surface area contributed by atoms with Crippen molar-refractivity contribution < 1.29 is 19.1 Å². The monoisotopic (exact) mass is 396 g/mol. The lowest BCUT2D eigenvalue weighted by atomic mass is 10.2. The summed E-state index contributed by atoms with van der Waals surface area (Å²) >= 11 is 0. The Kier molecular flexibility index (Phi) is 7.11. The van der Waals surface area contributed by atoms with Crippen LogP contribution in [0.2, 0.25) is 0 Å². The third-order valence-electron chi connectivity index (χ3n) is 4.75. The van der Waals surface area contributed by atoms with Crippen LogP contribution in [-0.2, 0) is 9.53 Å². The van der Waals surface area contributed by atoms with E-state index in [1.165, 1.54) is 0 Å². The van der Waals surface area contributed by atoms with E-state index in [1.807, 2.05) is 18.2 Å². The van der Waals surface area contributed by atoms with Crippen LogP contribution in [0.15, 0.2) is 54.6 Å². The molecule has 154 valence electrons. The lowest BCUT2D eigenvalue weighted by Crippen LogP contribution is -2.49. The van der Waals surface area contributed by atoms with Crippen molar-refractivity contribution in [1.29, 1.82) is 0 Å². The quantitative estimate of drug-likeness (QED) is 0.673. The van der Waals surface area contributed by atoms with E-state index in [-0.39, 0.29) is 12.5 Å². The summed E-state index contributed by atoms with van der Waals surface area (Å²) in [4.78, 5) is 28.6. The Bertz CT molecular complexity index is 797. The van der Waals surface area contributed by atoms with Crippen LogP contribution in [0.5, 0.6) is 5.75 Å². The summed E-state index contributed by atoms with van der Waals surface area (Å²) in [6, 6.07) is 16.9. The number of carbonyl (C=O) groups is 2. The number of benzene rings is 2. The molecule has 0 unspecified atom stereocenters. The van der Waals surface area contributed by atoms with E-state index in [0.29, 0.717) is 36.9 Å². The molecule has 3 rings (SSSR count). The Morgan fingerprint density at radius 2 is 1.59 bits per heavy atom. The Balaban J connectivity index is 1.43. The molecule has 29 heavy (non-hydrogen) atoms. The second-order valence-corrected chi connectivity index (χ2v) is 7.51. The van der Waals surface area contributed by atoms with E-state index in [9.17, 15) is 9.59 Å². The number of anilines is 1. The van der Waals surface area contributed by atoms with Gasteiger partial charge in [0.1, 0.15) is 5.75 Å². The van der Waals surface area contributed by atoms with Gasteiger partial charge >= 0.3 is 5.97 Å². The molecule has 0 spiro atoms. The van der Waals surface area contributed by atoms with Crippen molar-refractivity contribution in [1.82, 2.24) is 4.90 Å². The first-order valence-electron chi connectivity index (χ1n) is 10.0. The number of amides is 1. The normalized spacial score (nSPS) is 14.0. The van der Waals surface area contributed by atoms with Crippen LogP contribution in [0.3, 0.4) is 0 Å². The van der Waals surface area contributed by atoms with E-state index in [2.05, 4.69) is 30.9 Å². The molecule has 0 N–H and O–H groups in total. The predicted molar refractivity (Wildman–Crippen MR) is 112 cm³/mol. The third-order valence-corrected chi connectivity index (χ3v) is 4.75. The molecule has 1 saturated heterocycles. The zero-order chi connectivity index (χ0) is 20.6. The maximum absolute atomic E-state index is 12.4. The number of para-hydroxylation sites is 1. The van der Waals surface area contributed by atoms with E-state index in [1.54, 1.807) is 29.2 Å². The van der Waals surface area contributed by atoms with E-state index in [4.69, 9.17) is 9.47 Å². The lowest BCUT2D eigenvalue weighted by Gasteiger charge is -2.36. The molecule has 0 aliphatic carbocycles. The summed E-state index contributed by atoms with van der Waals surface area (Å²) in [7, 11) is 0. The predicted octanol–water partition coefficient (Wildman–Crippen LogP) is 3.23. The topological polar surface area (TPSA) is 59.1 Å². The Morgan fingerprint density at radius 3 is 2.21 bits per heavy atom. The summed E-state index contributed by atoms with van der Waals surface area (Å²) in [5.74, 6) is 0.474. The molecule has 1 aliphatic heterocycles. The third kappa shape index (κ3) is 5.98. The fraction of sp³-hybridized carbons (Fsp3) is 0.391. The van der Waals surface area contributed by atoms with Gasteiger partial charge in [-0.05, 0) is 42.3 Å². The molecule has 2 aromatic carbocycles. The van der Waals surface area contributed by atoms with Gasteiger partial charge < -0.3 is 19.3 Å².